The molecule has 1 amide bonds. The molecule has 2 N–H and O–H groups in total. The van der Waals surface area contributed by atoms with Crippen molar-refractivity contribution in [3.05, 3.63) is 64.0 Å². The smallest absolute Gasteiger partial charge is 0.269 e. The lowest BCUT2D eigenvalue weighted by molar-refractivity contribution is -0.384. The number of aromatic nitrogens is 1. The molecule has 7 heteroatoms. The van der Waals surface area contributed by atoms with Crippen LogP contribution in [0.5, 0.6) is 0 Å². The van der Waals surface area contributed by atoms with Crippen LogP contribution in [0.4, 0.5) is 5.69 Å². The van der Waals surface area contributed by atoms with E-state index in [9.17, 15) is 20.0 Å². The van der Waals surface area contributed by atoms with Crippen molar-refractivity contribution in [1.29, 1.82) is 0 Å². The molecule has 0 aliphatic heterocycles. The van der Waals surface area contributed by atoms with Crippen LogP contribution in [-0.4, -0.2) is 27.0 Å². The van der Waals surface area contributed by atoms with Crippen molar-refractivity contribution in [3.63, 3.8) is 0 Å². The Kier molecular flexibility index (Phi) is 5.48. The van der Waals surface area contributed by atoms with Gasteiger partial charge in [0.2, 0.25) is 5.91 Å². The third kappa shape index (κ3) is 4.65. The number of carbonyl (C=O) groups excluding carboxylic acids is 1. The van der Waals surface area contributed by atoms with Crippen LogP contribution in [0.1, 0.15) is 23.8 Å². The van der Waals surface area contributed by atoms with Crippen molar-refractivity contribution in [2.24, 2.45) is 7.05 Å². The molecule has 1 aromatic carbocycles. The number of aliphatic hydroxyl groups is 1. The first-order valence-electron chi connectivity index (χ1n) is 7.26. The van der Waals surface area contributed by atoms with E-state index in [1.165, 1.54) is 12.1 Å². The van der Waals surface area contributed by atoms with Gasteiger partial charge >= 0.3 is 0 Å². The Hall–Kier alpha value is -2.67. The van der Waals surface area contributed by atoms with E-state index in [0.717, 1.165) is 5.69 Å². The molecule has 1 atom stereocenters. The second-order valence-electron chi connectivity index (χ2n) is 5.30. The first-order chi connectivity index (χ1) is 11.0. The lowest BCUT2D eigenvalue weighted by Gasteiger charge is -2.12. The zero-order valence-corrected chi connectivity index (χ0v) is 12.8. The number of rotatable bonds is 7. The molecule has 2 rings (SSSR count). The highest BCUT2D eigenvalue weighted by atomic mass is 16.6. The summed E-state index contributed by atoms with van der Waals surface area (Å²) in [5.74, 6) is -0.182. The normalized spacial score (nSPS) is 11.9. The number of nitrogens with zero attached hydrogens (tertiary/aromatic N) is 2. The molecule has 0 bridgehead atoms. The molecule has 122 valence electrons. The third-order valence-corrected chi connectivity index (χ3v) is 3.58. The van der Waals surface area contributed by atoms with E-state index < -0.39 is 11.0 Å². The summed E-state index contributed by atoms with van der Waals surface area (Å²) in [5, 5.41) is 23.3. The monoisotopic (exact) mass is 317 g/mol. The summed E-state index contributed by atoms with van der Waals surface area (Å²) < 4.78 is 1.84. The van der Waals surface area contributed by atoms with E-state index in [0.29, 0.717) is 18.5 Å². The summed E-state index contributed by atoms with van der Waals surface area (Å²) in [6.45, 7) is 0.359. The summed E-state index contributed by atoms with van der Waals surface area (Å²) in [7, 11) is 1.85. The number of carbonyl (C=O) groups is 1. The topological polar surface area (TPSA) is 97.4 Å². The minimum absolute atomic E-state index is 0.000141. The molecule has 1 heterocycles. The number of amides is 1. The van der Waals surface area contributed by atoms with Gasteiger partial charge in [-0.1, -0.05) is 12.1 Å². The van der Waals surface area contributed by atoms with E-state index in [-0.39, 0.29) is 18.0 Å². The molecule has 0 saturated heterocycles. The van der Waals surface area contributed by atoms with E-state index in [2.05, 4.69) is 5.32 Å². The number of nitro groups is 1. The predicted molar refractivity (Wildman–Crippen MR) is 84.8 cm³/mol. The molecule has 0 spiro atoms. The standard InChI is InChI=1S/C16H19N3O4/c1-18-10-2-3-14(18)15(20)8-9-17-16(21)11-12-4-6-13(7-5-12)19(22)23/h2-7,10,15,20H,8-9,11H2,1H3,(H,17,21). The van der Waals surface area contributed by atoms with Crippen LogP contribution in [-0.2, 0) is 18.3 Å². The summed E-state index contributed by atoms with van der Waals surface area (Å²) in [6.07, 6.45) is 1.79. The molecular weight excluding hydrogens is 298 g/mol. The molecular formula is C16H19N3O4. The molecule has 7 nitrogen and oxygen atoms in total. The summed E-state index contributed by atoms with van der Waals surface area (Å²) >= 11 is 0. The second-order valence-corrected chi connectivity index (χ2v) is 5.30. The van der Waals surface area contributed by atoms with E-state index in [1.54, 1.807) is 12.1 Å². The number of aryl methyl sites for hydroxylation is 1. The van der Waals surface area contributed by atoms with Crippen LogP contribution < -0.4 is 5.32 Å². The Labute approximate surface area is 133 Å². The Bertz CT molecular complexity index is 679. The highest BCUT2D eigenvalue weighted by Gasteiger charge is 2.11. The van der Waals surface area contributed by atoms with E-state index in [4.69, 9.17) is 0 Å². The molecule has 0 aliphatic carbocycles. The van der Waals surface area contributed by atoms with Gasteiger partial charge in [0, 0.05) is 37.6 Å². The van der Waals surface area contributed by atoms with Crippen LogP contribution in [0.25, 0.3) is 0 Å². The van der Waals surface area contributed by atoms with Gasteiger partial charge in [-0.15, -0.1) is 0 Å². The average Bonchev–Trinajstić information content (AvgIpc) is 2.94. The van der Waals surface area contributed by atoms with Crippen molar-refractivity contribution in [1.82, 2.24) is 9.88 Å². The third-order valence-electron chi connectivity index (χ3n) is 3.58. The SMILES string of the molecule is Cn1cccc1C(O)CCNC(=O)Cc1ccc([N+](=O)[O-])cc1. The highest BCUT2D eigenvalue weighted by Crippen LogP contribution is 2.15. The molecule has 0 aliphatic rings. The average molecular weight is 317 g/mol. The fourth-order valence-corrected chi connectivity index (χ4v) is 2.30. The van der Waals surface area contributed by atoms with E-state index >= 15 is 0 Å². The number of benzene rings is 1. The van der Waals surface area contributed by atoms with Crippen molar-refractivity contribution in [3.8, 4) is 0 Å². The van der Waals surface area contributed by atoms with Crippen molar-refractivity contribution in [2.45, 2.75) is 18.9 Å². The molecule has 1 unspecified atom stereocenters. The van der Waals surface area contributed by atoms with Gasteiger partial charge in [0.15, 0.2) is 0 Å². The van der Waals surface area contributed by atoms with Crippen molar-refractivity contribution < 1.29 is 14.8 Å². The summed E-state index contributed by atoms with van der Waals surface area (Å²) in [4.78, 5) is 21.9. The van der Waals surface area contributed by atoms with Gasteiger partial charge < -0.3 is 15.0 Å². The minimum Gasteiger partial charge on any atom is -0.387 e. The molecule has 2 aromatic rings. The second kappa shape index (κ2) is 7.55. The summed E-state index contributed by atoms with van der Waals surface area (Å²) in [6, 6.07) is 9.58. The zero-order valence-electron chi connectivity index (χ0n) is 12.8. The molecule has 0 fully saturated rings. The Morgan fingerprint density at radius 2 is 2.04 bits per heavy atom. The quantitative estimate of drug-likeness (QED) is 0.600. The van der Waals surface area contributed by atoms with Crippen LogP contribution in [0.15, 0.2) is 42.6 Å². The lowest BCUT2D eigenvalue weighted by atomic mass is 10.1. The molecule has 23 heavy (non-hydrogen) atoms. The van der Waals surface area contributed by atoms with Crippen LogP contribution >= 0.6 is 0 Å². The van der Waals surface area contributed by atoms with Gasteiger partial charge in [-0.2, -0.15) is 0 Å². The Morgan fingerprint density at radius 1 is 1.35 bits per heavy atom. The number of non-ortho nitro benzene ring substituents is 1. The van der Waals surface area contributed by atoms with Gasteiger partial charge in [0.05, 0.1) is 17.4 Å². The van der Waals surface area contributed by atoms with Gasteiger partial charge in [0.25, 0.3) is 5.69 Å². The van der Waals surface area contributed by atoms with Crippen molar-refractivity contribution >= 4 is 11.6 Å². The lowest BCUT2D eigenvalue weighted by Crippen LogP contribution is -2.27. The maximum absolute atomic E-state index is 11.8. The fourth-order valence-electron chi connectivity index (χ4n) is 2.30. The number of nitro benzene ring substituents is 1. The highest BCUT2D eigenvalue weighted by molar-refractivity contribution is 5.78. The number of nitrogens with one attached hydrogen (secondary N) is 1. The molecule has 1 aromatic heterocycles. The number of hydrogen-bond acceptors (Lipinski definition) is 4. The zero-order chi connectivity index (χ0) is 16.8. The number of hydrogen-bond donors (Lipinski definition) is 2. The van der Waals surface area contributed by atoms with Gasteiger partial charge in [-0.05, 0) is 24.1 Å². The van der Waals surface area contributed by atoms with Gasteiger partial charge in [0.1, 0.15) is 0 Å². The van der Waals surface area contributed by atoms with Crippen molar-refractivity contribution in [2.75, 3.05) is 6.54 Å². The first-order valence-corrected chi connectivity index (χ1v) is 7.26. The fraction of sp³-hybridized carbons (Fsp3) is 0.312. The first kappa shape index (κ1) is 16.7. The molecule has 0 saturated carbocycles. The Balaban J connectivity index is 1.77. The summed E-state index contributed by atoms with van der Waals surface area (Å²) in [5.41, 5.74) is 1.51. The van der Waals surface area contributed by atoms with E-state index in [1.807, 2.05) is 29.9 Å². The van der Waals surface area contributed by atoms with Crippen LogP contribution in [0.2, 0.25) is 0 Å². The maximum atomic E-state index is 11.8. The maximum Gasteiger partial charge on any atom is 0.269 e. The number of aliphatic hydroxyl groups excluding tert-OH is 1. The van der Waals surface area contributed by atoms with Crippen LogP contribution in [0, 0.1) is 10.1 Å². The van der Waals surface area contributed by atoms with Gasteiger partial charge in [-0.25, -0.2) is 0 Å². The molecule has 0 radical (unpaired) electrons. The Morgan fingerprint density at radius 3 is 2.61 bits per heavy atom. The minimum atomic E-state index is -0.630. The van der Waals surface area contributed by atoms with Gasteiger partial charge in [-0.3, -0.25) is 14.9 Å². The van der Waals surface area contributed by atoms with Crippen LogP contribution in [0.3, 0.4) is 0 Å². The predicted octanol–water partition coefficient (Wildman–Crippen LogP) is 1.72. The largest absolute Gasteiger partial charge is 0.387 e.